The second-order valence-corrected chi connectivity index (χ2v) is 6.06. The van der Waals surface area contributed by atoms with Crippen LogP contribution in [0.3, 0.4) is 0 Å². The molecule has 1 saturated heterocycles. The zero-order valence-electron chi connectivity index (χ0n) is 13.3. The molecule has 1 amide bonds. The normalized spacial score (nSPS) is 19.1. The van der Waals surface area contributed by atoms with Gasteiger partial charge in [-0.25, -0.2) is 0 Å². The van der Waals surface area contributed by atoms with E-state index in [4.69, 9.17) is 4.42 Å². The van der Waals surface area contributed by atoms with Crippen molar-refractivity contribution in [2.24, 2.45) is 5.92 Å². The molecule has 4 heteroatoms. The van der Waals surface area contributed by atoms with Gasteiger partial charge in [0.25, 0.3) is 0 Å². The molecule has 0 bridgehead atoms. The molecule has 1 N–H and O–H groups in total. The summed E-state index contributed by atoms with van der Waals surface area (Å²) in [6, 6.07) is 4.10. The molecule has 21 heavy (non-hydrogen) atoms. The molecular formula is C17H28N2O2. The summed E-state index contributed by atoms with van der Waals surface area (Å²) in [4.78, 5) is 14.6. The Balaban J connectivity index is 1.94. The highest BCUT2D eigenvalue weighted by Gasteiger charge is 2.25. The van der Waals surface area contributed by atoms with E-state index >= 15 is 0 Å². The van der Waals surface area contributed by atoms with Gasteiger partial charge in [-0.1, -0.05) is 26.7 Å². The molecule has 1 aliphatic rings. The Morgan fingerprint density at radius 3 is 2.76 bits per heavy atom. The van der Waals surface area contributed by atoms with Crippen LogP contribution in [0.4, 0.5) is 0 Å². The summed E-state index contributed by atoms with van der Waals surface area (Å²) in [6.07, 6.45) is 7.48. The van der Waals surface area contributed by atoms with E-state index in [1.807, 2.05) is 19.1 Å². The van der Waals surface area contributed by atoms with Crippen LogP contribution in [-0.2, 0) is 4.79 Å². The molecule has 0 saturated carbocycles. The van der Waals surface area contributed by atoms with E-state index in [2.05, 4.69) is 17.1 Å². The number of amides is 1. The summed E-state index contributed by atoms with van der Waals surface area (Å²) in [6.45, 7) is 6.93. The van der Waals surface area contributed by atoms with Gasteiger partial charge in [0.15, 0.2) is 0 Å². The number of carbonyl (C=O) groups excluding carboxylic acids is 1. The van der Waals surface area contributed by atoms with E-state index in [0.29, 0.717) is 6.54 Å². The van der Waals surface area contributed by atoms with Crippen LogP contribution in [-0.4, -0.2) is 30.4 Å². The Morgan fingerprint density at radius 1 is 1.38 bits per heavy atom. The third-order valence-electron chi connectivity index (χ3n) is 4.34. The summed E-state index contributed by atoms with van der Waals surface area (Å²) < 4.78 is 5.60. The minimum atomic E-state index is 0.0913. The molecule has 1 aliphatic heterocycles. The highest BCUT2D eigenvalue weighted by Crippen LogP contribution is 2.24. The molecule has 0 aromatic carbocycles. The van der Waals surface area contributed by atoms with E-state index in [1.165, 1.54) is 19.3 Å². The first kappa shape index (κ1) is 16.1. The van der Waals surface area contributed by atoms with Crippen molar-refractivity contribution in [1.29, 1.82) is 0 Å². The number of hydrogen-bond donors (Lipinski definition) is 1. The van der Waals surface area contributed by atoms with E-state index in [1.54, 1.807) is 6.26 Å². The van der Waals surface area contributed by atoms with Crippen LogP contribution in [0, 0.1) is 5.92 Å². The number of furan rings is 1. The highest BCUT2D eigenvalue weighted by atomic mass is 16.3. The number of nitrogens with one attached hydrogen (secondary N) is 1. The van der Waals surface area contributed by atoms with Gasteiger partial charge in [-0.3, -0.25) is 9.69 Å². The molecule has 2 unspecified atom stereocenters. The molecule has 4 nitrogen and oxygen atoms in total. The lowest BCUT2D eigenvalue weighted by Gasteiger charge is -2.33. The van der Waals surface area contributed by atoms with Gasteiger partial charge in [0, 0.05) is 12.5 Å². The summed E-state index contributed by atoms with van der Waals surface area (Å²) >= 11 is 0. The lowest BCUT2D eigenvalue weighted by molar-refractivity contribution is -0.125. The van der Waals surface area contributed by atoms with Crippen LogP contribution in [0.1, 0.15) is 57.8 Å². The van der Waals surface area contributed by atoms with Crippen LogP contribution in [0.15, 0.2) is 22.8 Å². The average molecular weight is 292 g/mol. The van der Waals surface area contributed by atoms with E-state index in [9.17, 15) is 4.79 Å². The number of piperidine rings is 1. The van der Waals surface area contributed by atoms with Crippen LogP contribution in [0.5, 0.6) is 0 Å². The number of hydrogen-bond acceptors (Lipinski definition) is 3. The monoisotopic (exact) mass is 292 g/mol. The lowest BCUT2D eigenvalue weighted by atomic mass is 10.0. The zero-order valence-corrected chi connectivity index (χ0v) is 13.3. The van der Waals surface area contributed by atoms with Crippen LogP contribution < -0.4 is 5.32 Å². The second-order valence-electron chi connectivity index (χ2n) is 6.06. The van der Waals surface area contributed by atoms with Crippen molar-refractivity contribution in [3.05, 3.63) is 24.2 Å². The fourth-order valence-electron chi connectivity index (χ4n) is 3.06. The third kappa shape index (κ3) is 4.60. The largest absolute Gasteiger partial charge is 0.468 e. The Hall–Kier alpha value is -1.29. The number of nitrogens with zero attached hydrogens (tertiary/aromatic N) is 1. The first-order valence-corrected chi connectivity index (χ1v) is 8.27. The van der Waals surface area contributed by atoms with Gasteiger partial charge in [-0.15, -0.1) is 0 Å². The maximum Gasteiger partial charge on any atom is 0.222 e. The van der Waals surface area contributed by atoms with Crippen LogP contribution in [0.25, 0.3) is 0 Å². The fraction of sp³-hybridized carbons (Fsp3) is 0.706. The molecule has 2 heterocycles. The van der Waals surface area contributed by atoms with Crippen molar-refractivity contribution < 1.29 is 9.21 Å². The Bertz CT molecular complexity index is 410. The number of likely N-dealkylation sites (tertiary alicyclic amines) is 1. The molecule has 0 aliphatic carbocycles. The van der Waals surface area contributed by atoms with Gasteiger partial charge in [0.2, 0.25) is 5.91 Å². The summed E-state index contributed by atoms with van der Waals surface area (Å²) in [5.74, 6) is 1.21. The standard InChI is InChI=1S/C17H28N2O2/c1-3-8-14(2)17(20)18-13-15(16-9-7-12-21-16)19-10-5-4-6-11-19/h7,9,12,14-15H,3-6,8,10-11,13H2,1-2H3,(H,18,20). The highest BCUT2D eigenvalue weighted by molar-refractivity contribution is 5.78. The number of rotatable bonds is 7. The van der Waals surface area contributed by atoms with Crippen molar-refractivity contribution in [2.45, 2.75) is 52.0 Å². The van der Waals surface area contributed by atoms with Crippen molar-refractivity contribution in [2.75, 3.05) is 19.6 Å². The summed E-state index contributed by atoms with van der Waals surface area (Å²) in [5, 5.41) is 3.11. The van der Waals surface area contributed by atoms with Gasteiger partial charge >= 0.3 is 0 Å². The maximum atomic E-state index is 12.1. The molecule has 2 atom stereocenters. The van der Waals surface area contributed by atoms with Crippen LogP contribution >= 0.6 is 0 Å². The summed E-state index contributed by atoms with van der Waals surface area (Å²) in [5.41, 5.74) is 0. The first-order valence-electron chi connectivity index (χ1n) is 8.27. The predicted octanol–water partition coefficient (Wildman–Crippen LogP) is 3.36. The minimum Gasteiger partial charge on any atom is -0.468 e. The van der Waals surface area contributed by atoms with E-state index in [0.717, 1.165) is 31.7 Å². The molecule has 1 aromatic heterocycles. The average Bonchev–Trinajstić information content (AvgIpc) is 3.03. The number of carbonyl (C=O) groups is 1. The third-order valence-corrected chi connectivity index (χ3v) is 4.34. The van der Waals surface area contributed by atoms with Crippen LogP contribution in [0.2, 0.25) is 0 Å². The molecule has 1 aromatic rings. The molecular weight excluding hydrogens is 264 g/mol. The molecule has 118 valence electrons. The lowest BCUT2D eigenvalue weighted by Crippen LogP contribution is -2.41. The topological polar surface area (TPSA) is 45.5 Å². The molecule has 1 fully saturated rings. The van der Waals surface area contributed by atoms with Gasteiger partial charge in [0.1, 0.15) is 5.76 Å². The maximum absolute atomic E-state index is 12.1. The fourth-order valence-corrected chi connectivity index (χ4v) is 3.06. The minimum absolute atomic E-state index is 0.0913. The van der Waals surface area contributed by atoms with E-state index < -0.39 is 0 Å². The van der Waals surface area contributed by atoms with Gasteiger partial charge in [-0.05, 0) is 44.5 Å². The predicted molar refractivity (Wildman–Crippen MR) is 84.0 cm³/mol. The van der Waals surface area contributed by atoms with Crippen molar-refractivity contribution in [3.63, 3.8) is 0 Å². The Kier molecular flexibility index (Phi) is 6.30. The van der Waals surface area contributed by atoms with Crippen molar-refractivity contribution >= 4 is 5.91 Å². The summed E-state index contributed by atoms with van der Waals surface area (Å²) in [7, 11) is 0. The van der Waals surface area contributed by atoms with Gasteiger partial charge in [-0.2, -0.15) is 0 Å². The van der Waals surface area contributed by atoms with Crippen molar-refractivity contribution in [1.82, 2.24) is 10.2 Å². The Morgan fingerprint density at radius 2 is 2.14 bits per heavy atom. The second kappa shape index (κ2) is 8.23. The molecule has 0 spiro atoms. The van der Waals surface area contributed by atoms with E-state index in [-0.39, 0.29) is 17.9 Å². The first-order chi connectivity index (χ1) is 10.2. The quantitative estimate of drug-likeness (QED) is 0.838. The smallest absolute Gasteiger partial charge is 0.222 e. The van der Waals surface area contributed by atoms with Gasteiger partial charge in [0.05, 0.1) is 12.3 Å². The van der Waals surface area contributed by atoms with Crippen molar-refractivity contribution in [3.8, 4) is 0 Å². The zero-order chi connectivity index (χ0) is 15.1. The SMILES string of the molecule is CCCC(C)C(=O)NCC(c1ccco1)N1CCCCC1. The van der Waals surface area contributed by atoms with Gasteiger partial charge < -0.3 is 9.73 Å². The molecule has 0 radical (unpaired) electrons. The Labute approximate surface area is 127 Å². The molecule has 2 rings (SSSR count).